The summed E-state index contributed by atoms with van der Waals surface area (Å²) >= 11 is 0. The van der Waals surface area contributed by atoms with Gasteiger partial charge in [0.25, 0.3) is 0 Å². The van der Waals surface area contributed by atoms with Crippen LogP contribution in [-0.2, 0) is 14.4 Å². The molecule has 2 saturated carbocycles. The quantitative estimate of drug-likeness (QED) is 0.474. The summed E-state index contributed by atoms with van der Waals surface area (Å²) in [4.78, 5) is 38.0. The molecule has 0 bridgehead atoms. The van der Waals surface area contributed by atoms with E-state index in [1.165, 1.54) is 0 Å². The second-order valence-electron chi connectivity index (χ2n) is 14.0. The van der Waals surface area contributed by atoms with Gasteiger partial charge >= 0.3 is 5.97 Å². The molecule has 4 rings (SSSR count). The molecule has 0 spiro atoms. The van der Waals surface area contributed by atoms with Gasteiger partial charge in [-0.05, 0) is 66.1 Å². The monoisotopic (exact) mass is 502 g/mol. The zero-order valence-corrected chi connectivity index (χ0v) is 23.2. The summed E-state index contributed by atoms with van der Waals surface area (Å²) < 4.78 is 0. The van der Waals surface area contributed by atoms with Crippen molar-refractivity contribution < 1.29 is 29.7 Å². The molecule has 0 saturated heterocycles. The zero-order valence-electron chi connectivity index (χ0n) is 23.2. The van der Waals surface area contributed by atoms with Crippen molar-refractivity contribution in [2.45, 2.75) is 112 Å². The van der Waals surface area contributed by atoms with Gasteiger partial charge in [-0.1, -0.05) is 54.0 Å². The molecule has 0 aromatic carbocycles. The van der Waals surface area contributed by atoms with Gasteiger partial charge in [0.1, 0.15) is 5.78 Å². The van der Waals surface area contributed by atoms with E-state index >= 15 is 0 Å². The van der Waals surface area contributed by atoms with Gasteiger partial charge in [-0.15, -0.1) is 0 Å². The van der Waals surface area contributed by atoms with Gasteiger partial charge in [-0.25, -0.2) is 0 Å². The number of carbonyl (C=O) groups is 3. The van der Waals surface area contributed by atoms with Crippen LogP contribution in [-0.4, -0.2) is 45.1 Å². The molecule has 202 valence electrons. The average Bonchev–Trinajstić information content (AvgIpc) is 2.97. The number of aliphatic hydroxyl groups excluding tert-OH is 2. The zero-order chi connectivity index (χ0) is 27.0. The van der Waals surface area contributed by atoms with Gasteiger partial charge in [0.05, 0.1) is 18.1 Å². The van der Waals surface area contributed by atoms with Crippen molar-refractivity contribution in [1.29, 1.82) is 0 Å². The average molecular weight is 503 g/mol. The number of aliphatic carboxylic acids is 1. The summed E-state index contributed by atoms with van der Waals surface area (Å²) in [5.41, 5.74) is 0.474. The van der Waals surface area contributed by atoms with E-state index < -0.39 is 28.8 Å². The van der Waals surface area contributed by atoms with Crippen LogP contribution >= 0.6 is 0 Å². The number of aliphatic hydroxyl groups is 2. The first-order chi connectivity index (χ1) is 16.5. The maximum Gasteiger partial charge on any atom is 0.306 e. The number of hydrogen-bond donors (Lipinski definition) is 3. The molecule has 4 aliphatic carbocycles. The number of carboxylic acids is 1. The van der Waals surface area contributed by atoms with Gasteiger partial charge in [-0.2, -0.15) is 0 Å². The number of Topliss-reactive ketones (excluding diaryl/α,β-unsaturated/α-hetero) is 2. The highest BCUT2D eigenvalue weighted by atomic mass is 16.4. The molecule has 36 heavy (non-hydrogen) atoms. The molecule has 0 aromatic rings. The number of fused-ring (bicyclic) bond motifs is 4. The van der Waals surface area contributed by atoms with Crippen molar-refractivity contribution in [3.05, 3.63) is 11.1 Å². The Kier molecular flexibility index (Phi) is 6.69. The van der Waals surface area contributed by atoms with E-state index in [9.17, 15) is 29.7 Å². The lowest BCUT2D eigenvalue weighted by Gasteiger charge is -2.61. The van der Waals surface area contributed by atoms with Crippen LogP contribution in [0, 0.1) is 45.3 Å². The smallest absolute Gasteiger partial charge is 0.306 e. The fourth-order valence-electron chi connectivity index (χ4n) is 9.45. The number of ketones is 2. The Morgan fingerprint density at radius 2 is 1.64 bits per heavy atom. The predicted octanol–water partition coefficient (Wildman–Crippen LogP) is 4.95. The number of carbonyl (C=O) groups excluding carboxylic acids is 2. The number of hydrogen-bond acceptors (Lipinski definition) is 5. The molecule has 3 N–H and O–H groups in total. The van der Waals surface area contributed by atoms with E-state index in [2.05, 4.69) is 34.6 Å². The third kappa shape index (κ3) is 3.68. The van der Waals surface area contributed by atoms with E-state index in [0.29, 0.717) is 19.3 Å². The van der Waals surface area contributed by atoms with Crippen LogP contribution in [0.5, 0.6) is 0 Å². The maximum atomic E-state index is 14.1. The summed E-state index contributed by atoms with van der Waals surface area (Å²) in [6.45, 7) is 14.3. The van der Waals surface area contributed by atoms with Gasteiger partial charge in [0.2, 0.25) is 0 Å². The second kappa shape index (κ2) is 8.76. The van der Waals surface area contributed by atoms with E-state index in [4.69, 9.17) is 0 Å². The van der Waals surface area contributed by atoms with E-state index in [-0.39, 0.29) is 59.1 Å². The molecular formula is C30H46O6. The first-order valence-corrected chi connectivity index (χ1v) is 13.9. The number of allylic oxidation sites excluding steroid dienone is 1. The van der Waals surface area contributed by atoms with Crippen molar-refractivity contribution >= 4 is 17.5 Å². The molecule has 9 atom stereocenters. The molecule has 6 heteroatoms. The normalized spacial score (nSPS) is 43.3. The molecule has 0 amide bonds. The van der Waals surface area contributed by atoms with Crippen molar-refractivity contribution in [2.75, 3.05) is 0 Å². The third-order valence-corrected chi connectivity index (χ3v) is 11.8. The van der Waals surface area contributed by atoms with Crippen molar-refractivity contribution in [3.8, 4) is 0 Å². The van der Waals surface area contributed by atoms with Gasteiger partial charge in [-0.3, -0.25) is 14.4 Å². The molecule has 0 heterocycles. The van der Waals surface area contributed by atoms with E-state index in [1.807, 2.05) is 6.92 Å². The van der Waals surface area contributed by atoms with E-state index in [0.717, 1.165) is 30.4 Å². The molecule has 2 fully saturated rings. The van der Waals surface area contributed by atoms with Crippen molar-refractivity contribution in [3.63, 3.8) is 0 Å². The Morgan fingerprint density at radius 3 is 2.25 bits per heavy atom. The first-order valence-electron chi connectivity index (χ1n) is 13.9. The summed E-state index contributed by atoms with van der Waals surface area (Å²) in [7, 11) is 0. The van der Waals surface area contributed by atoms with Crippen molar-refractivity contribution in [1.82, 2.24) is 0 Å². The van der Waals surface area contributed by atoms with Gasteiger partial charge in [0.15, 0.2) is 5.78 Å². The predicted molar refractivity (Wildman–Crippen MR) is 137 cm³/mol. The summed E-state index contributed by atoms with van der Waals surface area (Å²) in [6, 6.07) is 0. The lowest BCUT2D eigenvalue weighted by Crippen LogP contribution is -2.58. The van der Waals surface area contributed by atoms with Gasteiger partial charge < -0.3 is 15.3 Å². The largest absolute Gasteiger partial charge is 0.481 e. The highest BCUT2D eigenvalue weighted by Crippen LogP contribution is 2.71. The summed E-state index contributed by atoms with van der Waals surface area (Å²) in [5.74, 6) is -1.40. The highest BCUT2D eigenvalue weighted by molar-refractivity contribution is 6.00. The lowest BCUT2D eigenvalue weighted by molar-refractivity contribution is -0.143. The molecule has 0 radical (unpaired) electrons. The maximum absolute atomic E-state index is 14.1. The molecule has 4 aliphatic rings. The summed E-state index contributed by atoms with van der Waals surface area (Å²) in [6.07, 6.45) is 3.34. The Hall–Kier alpha value is -1.53. The SMILES string of the molecule is C[C@H](CC(=O)C[C@H](C)C(=O)O)[C@H]1C[C@H](O)[C@@]2(C)C3=C(C(=O)C[C@]12C)[C@@]1(C)CC[C@@H](O)C(C)(C)[C@@H]1CC3. The Morgan fingerprint density at radius 1 is 1.00 bits per heavy atom. The highest BCUT2D eigenvalue weighted by Gasteiger charge is 2.68. The van der Waals surface area contributed by atoms with Crippen LogP contribution in [0.25, 0.3) is 0 Å². The fourth-order valence-corrected chi connectivity index (χ4v) is 9.45. The lowest BCUT2D eigenvalue weighted by atomic mass is 9.43. The second-order valence-corrected chi connectivity index (χ2v) is 14.0. The molecule has 0 aromatic heterocycles. The third-order valence-electron chi connectivity index (χ3n) is 11.8. The topological polar surface area (TPSA) is 112 Å². The molecule has 0 aliphatic heterocycles. The minimum atomic E-state index is -0.966. The number of rotatable bonds is 6. The van der Waals surface area contributed by atoms with Crippen molar-refractivity contribution in [2.24, 2.45) is 45.3 Å². The van der Waals surface area contributed by atoms with Crippen LogP contribution in [0.15, 0.2) is 11.1 Å². The number of carboxylic acid groups (broad SMARTS) is 1. The van der Waals surface area contributed by atoms with Crippen LogP contribution in [0.3, 0.4) is 0 Å². The van der Waals surface area contributed by atoms with Crippen LogP contribution in [0.2, 0.25) is 0 Å². The molecule has 6 nitrogen and oxygen atoms in total. The Bertz CT molecular complexity index is 995. The minimum Gasteiger partial charge on any atom is -0.481 e. The fraction of sp³-hybridized carbons (Fsp3) is 0.833. The Labute approximate surface area is 215 Å². The standard InChI is InChI=1S/C30H46O6/c1-16(12-18(31)13-17(2)26(35)36)20-14-24(34)30(7)19-8-9-22-27(3,4)23(33)10-11-28(22,5)25(19)21(32)15-29(20,30)6/h16-17,20,22-24,33-34H,8-15H2,1-7H3,(H,35,36)/t16-,17+,20-,22+,23-,24+,28+,29-,30-/m1/s1. The van der Waals surface area contributed by atoms with Crippen LogP contribution < -0.4 is 0 Å². The van der Waals surface area contributed by atoms with E-state index in [1.54, 1.807) is 6.92 Å². The Balaban J connectivity index is 1.69. The molecule has 0 unspecified atom stereocenters. The minimum absolute atomic E-state index is 0.00488. The van der Waals surface area contributed by atoms with Gasteiger partial charge in [0, 0.05) is 30.3 Å². The van der Waals surface area contributed by atoms with Crippen LogP contribution in [0.4, 0.5) is 0 Å². The molecular weight excluding hydrogens is 456 g/mol. The first kappa shape index (κ1) is 27.5. The van der Waals surface area contributed by atoms with Crippen LogP contribution in [0.1, 0.15) is 99.8 Å². The summed E-state index contributed by atoms with van der Waals surface area (Å²) in [5, 5.41) is 31.6.